The molecular formula is C96H122N16O18S. The minimum Gasteiger partial charge on any atom is -0.508 e. The Bertz CT molecular complexity index is 5150. The number of rotatable bonds is 22. The predicted molar refractivity (Wildman–Crippen MR) is 491 cm³/mol. The molecule has 131 heavy (non-hydrogen) atoms. The van der Waals surface area contributed by atoms with Gasteiger partial charge in [-0.3, -0.25) is 71.9 Å². The molecule has 13 atom stereocenters. The summed E-state index contributed by atoms with van der Waals surface area (Å²) in [5.74, 6) is -14.6. The summed E-state index contributed by atoms with van der Waals surface area (Å²) in [4.78, 5) is 235. The summed E-state index contributed by atoms with van der Waals surface area (Å²) in [6, 6.07) is 26.1. The zero-order chi connectivity index (χ0) is 94.7. The molecular weight excluding hydrogens is 1700 g/mol. The summed E-state index contributed by atoms with van der Waals surface area (Å²) in [6.45, 7) is 7.02. The maximum Gasteiger partial charge on any atom is 0.246 e. The van der Waals surface area contributed by atoms with E-state index in [0.717, 1.165) is 16.7 Å². The molecule has 0 spiro atoms. The highest BCUT2D eigenvalue weighted by Gasteiger charge is 2.46. The summed E-state index contributed by atoms with van der Waals surface area (Å²) >= 11 is 0.852. The number of phenols is 2. The van der Waals surface area contributed by atoms with E-state index in [9.17, 15) is 39.3 Å². The number of H-pyrrole nitrogens is 1. The van der Waals surface area contributed by atoms with Crippen molar-refractivity contribution in [2.24, 2.45) is 17.6 Å². The normalized spacial score (nSPS) is 23.8. The molecule has 0 radical (unpaired) electrons. The highest BCUT2D eigenvalue weighted by Crippen LogP contribution is 2.28. The van der Waals surface area contributed by atoms with Gasteiger partial charge in [0.05, 0.1) is 18.9 Å². The van der Waals surface area contributed by atoms with Crippen LogP contribution in [0.1, 0.15) is 119 Å². The third-order valence-corrected chi connectivity index (χ3v) is 25.0. The van der Waals surface area contributed by atoms with Crippen LogP contribution < -0.4 is 53.6 Å². The van der Waals surface area contributed by atoms with E-state index in [1.165, 1.54) is 77.1 Å². The number of carbonyl (C=O) groups excluding carboxylic acids is 15. The number of hydrogen-bond acceptors (Lipinski definition) is 19. The van der Waals surface area contributed by atoms with E-state index in [-0.39, 0.29) is 107 Å². The molecule has 700 valence electrons. The number of nitrogens with zero attached hydrogens (tertiary/aromatic N) is 5. The van der Waals surface area contributed by atoms with Gasteiger partial charge in [-0.25, -0.2) is 0 Å². The predicted octanol–water partition coefficient (Wildman–Crippen LogP) is 2.91. The van der Waals surface area contributed by atoms with Crippen molar-refractivity contribution in [3.05, 3.63) is 203 Å². The van der Waals surface area contributed by atoms with Crippen LogP contribution in [-0.4, -0.2) is 271 Å². The molecule has 0 unspecified atom stereocenters. The van der Waals surface area contributed by atoms with Gasteiger partial charge >= 0.3 is 0 Å². The second-order valence-electron chi connectivity index (χ2n) is 34.5. The lowest BCUT2D eigenvalue weighted by Crippen LogP contribution is -2.62. The average Bonchev–Trinajstić information content (AvgIpc) is 1.79. The highest BCUT2D eigenvalue weighted by molar-refractivity contribution is 8.00. The highest BCUT2D eigenvalue weighted by atomic mass is 32.2. The molecule has 35 heteroatoms. The number of nitrogens with two attached hydrogens (primary N) is 1. The van der Waals surface area contributed by atoms with E-state index in [1.54, 1.807) is 161 Å². The van der Waals surface area contributed by atoms with Crippen LogP contribution >= 0.6 is 11.8 Å². The Morgan fingerprint density at radius 1 is 0.466 bits per heavy atom. The largest absolute Gasteiger partial charge is 0.508 e. The van der Waals surface area contributed by atoms with Gasteiger partial charge in [0.2, 0.25) is 88.6 Å². The van der Waals surface area contributed by atoms with E-state index in [2.05, 4.69) is 52.8 Å². The molecule has 3 aliphatic rings. The summed E-state index contributed by atoms with van der Waals surface area (Å²) < 4.78 is 0. The van der Waals surface area contributed by atoms with Crippen molar-refractivity contribution in [2.45, 2.75) is 203 Å². The Morgan fingerprint density at radius 3 is 1.46 bits per heavy atom. The lowest BCUT2D eigenvalue weighted by atomic mass is 9.98. The molecule has 1 aromatic heterocycles. The van der Waals surface area contributed by atoms with Crippen LogP contribution in [-0.2, 0) is 110 Å². The quantitative estimate of drug-likeness (QED) is 0.0464. The number of aromatic hydroxyl groups is 2. The van der Waals surface area contributed by atoms with Crippen LogP contribution in [0.25, 0.3) is 10.9 Å². The summed E-state index contributed by atoms with van der Waals surface area (Å²) in [5, 5.41) is 57.3. The maximum atomic E-state index is 15.8. The van der Waals surface area contributed by atoms with Gasteiger partial charge in [-0.1, -0.05) is 181 Å². The molecule has 10 rings (SSSR count). The van der Waals surface area contributed by atoms with E-state index in [1.807, 2.05) is 6.92 Å². The number of aliphatic hydroxyl groups excluding tert-OH is 1. The number of hydrogen-bond donors (Lipinski definition) is 14. The minimum atomic E-state index is -1.73. The zero-order valence-corrected chi connectivity index (χ0v) is 76.0. The van der Waals surface area contributed by atoms with Crippen molar-refractivity contribution >= 4 is 111 Å². The van der Waals surface area contributed by atoms with Crippen LogP contribution in [0.4, 0.5) is 0 Å². The van der Waals surface area contributed by atoms with Gasteiger partial charge in [0.15, 0.2) is 0 Å². The second kappa shape index (κ2) is 47.9. The fourth-order valence-electron chi connectivity index (χ4n) is 16.7. The minimum absolute atomic E-state index is 0.0340. The molecule has 3 aliphatic heterocycles. The first-order valence-corrected chi connectivity index (χ1v) is 45.7. The molecule has 0 saturated carbocycles. The van der Waals surface area contributed by atoms with E-state index < -0.39 is 192 Å². The van der Waals surface area contributed by atoms with Crippen LogP contribution in [0.3, 0.4) is 0 Å². The van der Waals surface area contributed by atoms with Crippen molar-refractivity contribution < 1.29 is 87.2 Å². The number of nitrogens with one attached hydrogen (secondary N) is 10. The number of para-hydroxylation sites is 1. The molecule has 3 saturated heterocycles. The number of benzene rings is 6. The van der Waals surface area contributed by atoms with Crippen LogP contribution in [0.2, 0.25) is 0 Å². The zero-order valence-electron chi connectivity index (χ0n) is 75.2. The number of aromatic nitrogens is 1. The molecule has 4 heterocycles. The lowest BCUT2D eigenvalue weighted by Gasteiger charge is -2.38. The molecule has 34 nitrogen and oxygen atoms in total. The smallest absolute Gasteiger partial charge is 0.246 e. The van der Waals surface area contributed by atoms with E-state index in [4.69, 9.17) is 5.73 Å². The van der Waals surface area contributed by atoms with Crippen molar-refractivity contribution in [1.82, 2.24) is 77.3 Å². The van der Waals surface area contributed by atoms with Gasteiger partial charge in [-0.05, 0) is 114 Å². The number of aliphatic hydroxyl groups is 1. The number of amides is 15. The van der Waals surface area contributed by atoms with E-state index in [0.29, 0.717) is 63.5 Å². The number of primary amides is 1. The standard InChI is InChI=1S/C96H122N16O18S/c1-9-10-32-78-95(129)112-44-23-34-77(112)90(124)105-74(54-113)88(122)107-83(58(4)5)96(130)109(7)79(49-60-26-16-12-17-27-60)91(125)104-73(48-63-37-41-66(115)42-38-63)93(127)111-43-22-33-76(111)89(123)103-71(51-64-52-98-68-31-21-20-30-67(64)68)87(121)102-70(46-62-35-39-65(114)40-36-62)86(120)101-69(45-57(2)3)85(119)106-75(84(118)99-53-81(97)116)55-131-56-82(117)100-72(47-59-24-14-11-15-25-59)92(126)110(8)80(94(128)108(78)6)50-61-28-18-13-19-29-61/h11-21,24-31,35-42,52,57-58,69-80,83,98,113-115H,9-10,22-23,32-34,43-51,53-56H2,1-8H3,(H2,97,116)(H,99,118)(H,100,117)(H,101,120)(H,102,121)(H,103,123)(H,104,125)(H,105,124)(H,106,119)(H,107,122)/t69-,70+,71+,72-,73+,74+,75+,76-,77-,78+,79-,80+,83+/m1/s1. The summed E-state index contributed by atoms with van der Waals surface area (Å²) in [7, 11) is 4.19. The first kappa shape index (κ1) is 100.0. The van der Waals surface area contributed by atoms with Gasteiger partial charge in [0, 0.05) is 95.6 Å². The molecule has 15 amide bonds. The van der Waals surface area contributed by atoms with Gasteiger partial charge < -0.3 is 98.4 Å². The number of fused-ring (bicyclic) bond motifs is 3. The SMILES string of the molecule is CCCC[C@H]1C(=O)N2CCC[C@@H]2C(=O)N[C@@H](CO)C(=O)N[C@@H](C(C)C)C(=O)N(C)[C@H](Cc2ccccc2)C(=O)N[C@@H](Cc2ccc(O)cc2)C(=O)N2CCC[C@@H]2C(=O)N[C@@H](Cc2c[nH]c3ccccc23)C(=O)N[C@@H](Cc2ccc(O)cc2)C(=O)N[C@H](CC(C)C)C(=O)N[C@H](C(=O)NCC(N)=O)CSCC(=O)N[C@H](Cc2ccccc2)C(=O)N(C)[C@@H](Cc2ccccc2)C(=O)N1C. The molecule has 15 N–H and O–H groups in total. The van der Waals surface area contributed by atoms with Crippen LogP contribution in [0.15, 0.2) is 170 Å². The molecule has 0 aliphatic carbocycles. The van der Waals surface area contributed by atoms with Gasteiger partial charge in [-0.15, -0.1) is 11.8 Å². The van der Waals surface area contributed by atoms with E-state index >= 15 is 47.9 Å². The number of thioether (sulfide) groups is 1. The van der Waals surface area contributed by atoms with Gasteiger partial charge in [0.1, 0.15) is 90.0 Å². The van der Waals surface area contributed by atoms with Crippen LogP contribution in [0.5, 0.6) is 11.5 Å². The van der Waals surface area contributed by atoms with Crippen LogP contribution in [0, 0.1) is 11.8 Å². The second-order valence-corrected chi connectivity index (χ2v) is 35.5. The number of phenolic OH excluding ortho intramolecular Hbond substituents is 2. The lowest BCUT2D eigenvalue weighted by molar-refractivity contribution is -0.152. The molecule has 3 fully saturated rings. The third kappa shape index (κ3) is 27.7. The molecule has 0 bridgehead atoms. The van der Waals surface area contributed by atoms with Crippen molar-refractivity contribution in [3.63, 3.8) is 0 Å². The third-order valence-electron chi connectivity index (χ3n) is 24.0. The Morgan fingerprint density at radius 2 is 0.916 bits per heavy atom. The van der Waals surface area contributed by atoms with Crippen molar-refractivity contribution in [3.8, 4) is 11.5 Å². The number of likely N-dealkylation sites (N-methyl/N-ethyl adjacent to an activating group) is 3. The monoisotopic (exact) mass is 1820 g/mol. The number of carbonyl (C=O) groups is 15. The van der Waals surface area contributed by atoms with Crippen molar-refractivity contribution in [1.29, 1.82) is 0 Å². The maximum absolute atomic E-state index is 15.8. The Kier molecular flexibility index (Phi) is 36.6. The van der Waals surface area contributed by atoms with Crippen molar-refractivity contribution in [2.75, 3.05) is 58.9 Å². The van der Waals surface area contributed by atoms with Gasteiger partial charge in [0.25, 0.3) is 0 Å². The molecule has 7 aromatic rings. The Balaban J connectivity index is 1.04. The van der Waals surface area contributed by atoms with Gasteiger partial charge in [-0.2, -0.15) is 0 Å². The fourth-order valence-corrected chi connectivity index (χ4v) is 17.6. The fraction of sp³-hybridized carbons (Fsp3) is 0.448. The average molecular weight is 1820 g/mol. The summed E-state index contributed by atoms with van der Waals surface area (Å²) in [5.41, 5.74) is 9.37. The topological polar surface area (TPSA) is 483 Å². The molecule has 6 aromatic carbocycles. The first-order chi connectivity index (χ1) is 62.7. The Hall–Kier alpha value is -13.2. The first-order valence-electron chi connectivity index (χ1n) is 44.5. The number of unbranched alkanes of at least 4 members (excludes halogenated alkanes) is 1. The Labute approximate surface area is 766 Å². The summed E-state index contributed by atoms with van der Waals surface area (Å²) in [6.07, 6.45) is 2.27. The number of aromatic amines is 1.